The maximum absolute atomic E-state index is 14.5. The summed E-state index contributed by atoms with van der Waals surface area (Å²) in [5, 5.41) is 13.2. The summed E-state index contributed by atoms with van der Waals surface area (Å²) in [5.41, 5.74) is -1.86. The van der Waals surface area contributed by atoms with Gasteiger partial charge in [-0.05, 0) is 52.9 Å². The molecule has 10 nitrogen and oxygen atoms in total. The molecule has 2 bridgehead atoms. The molecule has 3 saturated heterocycles. The largest absolute Gasteiger partial charge is 0.460 e. The fourth-order valence-electron chi connectivity index (χ4n) is 6.70. The Morgan fingerprint density at radius 1 is 1.26 bits per heavy atom. The van der Waals surface area contributed by atoms with Crippen LogP contribution in [0.25, 0.3) is 0 Å². The molecule has 0 radical (unpaired) electrons. The third kappa shape index (κ3) is 6.63. The summed E-state index contributed by atoms with van der Waals surface area (Å²) >= 11 is 3.68. The first kappa shape index (κ1) is 34.3. The first-order valence-corrected chi connectivity index (χ1v) is 15.8. The first-order chi connectivity index (χ1) is 19.6. The molecule has 3 heterocycles. The number of aliphatic hydroxyl groups excluding tert-OH is 1. The number of hydrogen-bond donors (Lipinski definition) is 2. The third-order valence-electron chi connectivity index (χ3n) is 8.45. The second-order valence-corrected chi connectivity index (χ2v) is 14.3. The van der Waals surface area contributed by atoms with Gasteiger partial charge in [-0.25, -0.2) is 0 Å². The zero-order valence-corrected chi connectivity index (χ0v) is 27.4. The maximum Gasteiger partial charge on any atom is 0.312 e. The molecule has 0 aromatic carbocycles. The Morgan fingerprint density at radius 3 is 2.48 bits per heavy atom. The van der Waals surface area contributed by atoms with E-state index in [1.165, 1.54) is 4.90 Å². The molecule has 42 heavy (non-hydrogen) atoms. The Hall–Kier alpha value is -2.24. The number of hydrogen-bond acceptors (Lipinski definition) is 7. The summed E-state index contributed by atoms with van der Waals surface area (Å²) < 4.78 is 12.3. The molecular formula is C31H48BrN3O7. The fourth-order valence-corrected chi connectivity index (χ4v) is 7.64. The predicted octanol–water partition coefficient (Wildman–Crippen LogP) is 2.97. The fraction of sp³-hybridized carbons (Fsp3) is 0.742. The number of nitrogens with one attached hydrogen (secondary N) is 1. The lowest BCUT2D eigenvalue weighted by Gasteiger charge is -2.43. The van der Waals surface area contributed by atoms with Gasteiger partial charge < -0.3 is 29.7 Å². The van der Waals surface area contributed by atoms with E-state index < -0.39 is 53.2 Å². The number of alkyl halides is 1. The van der Waals surface area contributed by atoms with Gasteiger partial charge in [-0.2, -0.15) is 0 Å². The highest BCUT2D eigenvalue weighted by atomic mass is 79.9. The standard InChI is InChI=1S/C31H48BrN3O7/c1-9-11-12-22(37)33-16-19(5)41-29(40)23-24-27(38)35(20(17-36)14-18(3)4)26(31(24)15-21(32)25(23)42-31)28(39)34(13-10-2)30(6,7)8/h9-10,18-21,23-26,36H,1-2,11-17H2,3-8H3,(H,33,37)/t19-,20+,21?,23+,24-,25+,26+,31-/m0/s1. The van der Waals surface area contributed by atoms with Crippen molar-refractivity contribution in [1.29, 1.82) is 0 Å². The number of esters is 1. The molecule has 3 amide bonds. The van der Waals surface area contributed by atoms with Crippen molar-refractivity contribution in [2.75, 3.05) is 19.7 Å². The molecule has 8 atom stereocenters. The van der Waals surface area contributed by atoms with Crippen molar-refractivity contribution in [2.24, 2.45) is 17.8 Å². The number of ether oxygens (including phenoxy) is 2. The zero-order valence-electron chi connectivity index (χ0n) is 25.8. The van der Waals surface area contributed by atoms with E-state index in [2.05, 4.69) is 34.4 Å². The van der Waals surface area contributed by atoms with Gasteiger partial charge in [0.25, 0.3) is 0 Å². The minimum atomic E-state index is -1.27. The number of halogens is 1. The topological polar surface area (TPSA) is 125 Å². The first-order valence-electron chi connectivity index (χ1n) is 14.9. The van der Waals surface area contributed by atoms with Gasteiger partial charge in [-0.1, -0.05) is 41.9 Å². The van der Waals surface area contributed by atoms with Gasteiger partial charge in [0, 0.05) is 23.3 Å². The molecule has 0 aromatic rings. The van der Waals surface area contributed by atoms with Crippen LogP contribution < -0.4 is 5.32 Å². The minimum Gasteiger partial charge on any atom is -0.460 e. The van der Waals surface area contributed by atoms with Crippen molar-refractivity contribution in [2.45, 2.75) is 107 Å². The van der Waals surface area contributed by atoms with Gasteiger partial charge in [0.05, 0.1) is 37.1 Å². The average Bonchev–Trinajstić information content (AvgIpc) is 3.50. The molecule has 0 aromatic heterocycles. The van der Waals surface area contributed by atoms with Crippen LogP contribution in [0.5, 0.6) is 0 Å². The van der Waals surface area contributed by atoms with Crippen LogP contribution in [0.1, 0.15) is 67.2 Å². The lowest BCUT2D eigenvalue weighted by molar-refractivity contribution is -0.160. The second kappa shape index (κ2) is 13.6. The summed E-state index contributed by atoms with van der Waals surface area (Å²) in [6.45, 7) is 18.9. The number of amides is 3. The molecule has 3 aliphatic heterocycles. The number of rotatable bonds is 14. The molecule has 11 heteroatoms. The number of allylic oxidation sites excluding steroid dienone is 1. The average molecular weight is 655 g/mol. The Morgan fingerprint density at radius 2 is 1.93 bits per heavy atom. The van der Waals surface area contributed by atoms with Crippen molar-refractivity contribution < 1.29 is 33.8 Å². The van der Waals surface area contributed by atoms with E-state index in [9.17, 15) is 24.3 Å². The smallest absolute Gasteiger partial charge is 0.312 e. The minimum absolute atomic E-state index is 0.123. The van der Waals surface area contributed by atoms with E-state index in [4.69, 9.17) is 9.47 Å². The summed E-state index contributed by atoms with van der Waals surface area (Å²) in [5.74, 6) is -3.21. The van der Waals surface area contributed by atoms with Gasteiger partial charge in [-0.15, -0.1) is 13.2 Å². The van der Waals surface area contributed by atoms with Crippen molar-refractivity contribution in [3.05, 3.63) is 25.3 Å². The SMILES string of the molecule is C=CCCC(=O)NC[C@H](C)OC(=O)[C@H]1[C@@H]2O[C@@]3(CC2Br)[C@@H]1C(=O)N([C@@H](CO)CC(C)C)[C@@H]3C(=O)N(CC=C)C(C)(C)C. The monoisotopic (exact) mass is 653 g/mol. The van der Waals surface area contributed by atoms with Gasteiger partial charge in [-0.3, -0.25) is 19.2 Å². The van der Waals surface area contributed by atoms with Crippen LogP contribution in [-0.2, 0) is 28.7 Å². The van der Waals surface area contributed by atoms with Crippen molar-refractivity contribution in [3.8, 4) is 0 Å². The normalized spacial score (nSPS) is 29.7. The number of carbonyl (C=O) groups excluding carboxylic acids is 4. The maximum atomic E-state index is 14.5. The van der Waals surface area contributed by atoms with Gasteiger partial charge in [0.15, 0.2) is 0 Å². The molecule has 1 unspecified atom stereocenters. The van der Waals surface area contributed by atoms with E-state index in [0.717, 1.165) is 0 Å². The van der Waals surface area contributed by atoms with E-state index in [1.54, 1.807) is 24.0 Å². The van der Waals surface area contributed by atoms with E-state index >= 15 is 0 Å². The highest BCUT2D eigenvalue weighted by molar-refractivity contribution is 9.09. The Labute approximate surface area is 258 Å². The highest BCUT2D eigenvalue weighted by Crippen LogP contribution is 2.61. The molecule has 3 rings (SSSR count). The quantitative estimate of drug-likeness (QED) is 0.168. The Kier molecular flexibility index (Phi) is 11.1. The van der Waals surface area contributed by atoms with Crippen LogP contribution in [0.3, 0.4) is 0 Å². The van der Waals surface area contributed by atoms with Crippen LogP contribution in [0, 0.1) is 17.8 Å². The molecule has 0 saturated carbocycles. The number of carbonyl (C=O) groups is 4. The van der Waals surface area contributed by atoms with Gasteiger partial charge >= 0.3 is 5.97 Å². The lowest BCUT2D eigenvalue weighted by Crippen LogP contribution is -2.62. The molecule has 2 N–H and O–H groups in total. The molecule has 1 spiro atoms. The number of aliphatic hydroxyl groups is 1. The van der Waals surface area contributed by atoms with Crippen molar-refractivity contribution in [1.82, 2.24) is 15.1 Å². The van der Waals surface area contributed by atoms with Gasteiger partial charge in [0.1, 0.15) is 17.7 Å². The van der Waals surface area contributed by atoms with Crippen molar-refractivity contribution in [3.63, 3.8) is 0 Å². The molecule has 3 fully saturated rings. The molecular weight excluding hydrogens is 606 g/mol. The Bertz CT molecular complexity index is 1060. The van der Waals surface area contributed by atoms with E-state index in [1.807, 2.05) is 34.6 Å². The van der Waals surface area contributed by atoms with Crippen LogP contribution in [-0.4, -0.2) is 98.6 Å². The van der Waals surface area contributed by atoms with Crippen molar-refractivity contribution >= 4 is 39.6 Å². The third-order valence-corrected chi connectivity index (χ3v) is 9.29. The van der Waals surface area contributed by atoms with Crippen LogP contribution in [0.2, 0.25) is 0 Å². The van der Waals surface area contributed by atoms with Gasteiger partial charge in [0.2, 0.25) is 17.7 Å². The van der Waals surface area contributed by atoms with Crippen LogP contribution in [0.4, 0.5) is 0 Å². The van der Waals surface area contributed by atoms with Crippen LogP contribution in [0.15, 0.2) is 25.3 Å². The number of fused-ring (bicyclic) bond motifs is 1. The summed E-state index contributed by atoms with van der Waals surface area (Å²) in [6, 6.07) is -1.66. The number of likely N-dealkylation sites (tertiary alicyclic amines) is 1. The van der Waals surface area contributed by atoms with Crippen LogP contribution >= 0.6 is 15.9 Å². The second-order valence-electron chi connectivity index (χ2n) is 13.2. The summed E-state index contributed by atoms with van der Waals surface area (Å²) in [7, 11) is 0. The van der Waals surface area contributed by atoms with E-state index in [-0.39, 0.29) is 54.6 Å². The molecule has 3 aliphatic rings. The zero-order chi connectivity index (χ0) is 31.6. The summed E-state index contributed by atoms with van der Waals surface area (Å²) in [6.07, 6.45) is 3.66. The highest BCUT2D eigenvalue weighted by Gasteiger charge is 2.77. The summed E-state index contributed by atoms with van der Waals surface area (Å²) in [4.78, 5) is 57.5. The number of nitrogens with zero attached hydrogens (tertiary/aromatic N) is 2. The predicted molar refractivity (Wildman–Crippen MR) is 163 cm³/mol. The Balaban J connectivity index is 1.98. The lowest BCUT2D eigenvalue weighted by atomic mass is 9.70. The molecule has 0 aliphatic carbocycles. The molecule has 236 valence electrons. The van der Waals surface area contributed by atoms with E-state index in [0.29, 0.717) is 19.3 Å².